The second-order valence-electron chi connectivity index (χ2n) is 5.03. The highest BCUT2D eigenvalue weighted by atomic mass is 35.5. The first-order valence-corrected chi connectivity index (χ1v) is 7.47. The molecule has 1 aromatic heterocycles. The van der Waals surface area contributed by atoms with E-state index in [0.717, 1.165) is 6.42 Å². The van der Waals surface area contributed by atoms with Gasteiger partial charge in [-0.1, -0.05) is 18.5 Å². The number of rotatable bonds is 4. The number of nitrogens with zero attached hydrogens (tertiary/aromatic N) is 2. The van der Waals surface area contributed by atoms with Crippen LogP contribution in [0, 0.1) is 0 Å². The maximum absolute atomic E-state index is 13.1. The monoisotopic (exact) mass is 355 g/mol. The molecular formula is C15H12ClF2N3O3. The van der Waals surface area contributed by atoms with Crippen molar-refractivity contribution in [3.05, 3.63) is 29.5 Å². The number of benzene rings is 1. The largest absolute Gasteiger partial charge is 0.586 e. The van der Waals surface area contributed by atoms with Gasteiger partial charge in [0.25, 0.3) is 0 Å². The van der Waals surface area contributed by atoms with Gasteiger partial charge in [-0.3, -0.25) is 9.78 Å². The lowest BCUT2D eigenvalue weighted by molar-refractivity contribution is -0.286. The lowest BCUT2D eigenvalue weighted by Gasteiger charge is -2.07. The van der Waals surface area contributed by atoms with Crippen LogP contribution in [-0.2, 0) is 4.79 Å². The van der Waals surface area contributed by atoms with E-state index in [1.807, 2.05) is 6.92 Å². The molecule has 6 nitrogen and oxygen atoms in total. The van der Waals surface area contributed by atoms with Crippen molar-refractivity contribution in [3.8, 4) is 22.8 Å². The first kappa shape index (κ1) is 16.4. The molecule has 126 valence electrons. The zero-order chi connectivity index (χ0) is 17.3. The van der Waals surface area contributed by atoms with Gasteiger partial charge >= 0.3 is 6.29 Å². The average molecular weight is 356 g/mol. The summed E-state index contributed by atoms with van der Waals surface area (Å²) in [7, 11) is 0. The average Bonchev–Trinajstić information content (AvgIpc) is 2.80. The summed E-state index contributed by atoms with van der Waals surface area (Å²) in [5.74, 6) is -0.157. The molecule has 9 heteroatoms. The molecule has 1 aromatic carbocycles. The van der Waals surface area contributed by atoms with Crippen LogP contribution in [0.4, 0.5) is 14.6 Å². The first-order chi connectivity index (χ1) is 11.4. The van der Waals surface area contributed by atoms with E-state index in [4.69, 9.17) is 11.6 Å². The van der Waals surface area contributed by atoms with Crippen LogP contribution in [0.5, 0.6) is 11.5 Å². The molecule has 1 N–H and O–H groups in total. The molecule has 1 aliphatic rings. The zero-order valence-electron chi connectivity index (χ0n) is 12.5. The van der Waals surface area contributed by atoms with Crippen LogP contribution in [0.25, 0.3) is 11.3 Å². The molecule has 0 radical (unpaired) electrons. The number of nitrogens with one attached hydrogen (secondary N) is 1. The molecule has 0 aliphatic carbocycles. The minimum absolute atomic E-state index is 0.137. The fourth-order valence-corrected chi connectivity index (χ4v) is 2.38. The van der Waals surface area contributed by atoms with Crippen molar-refractivity contribution < 1.29 is 23.0 Å². The van der Waals surface area contributed by atoms with E-state index >= 15 is 0 Å². The van der Waals surface area contributed by atoms with E-state index in [-0.39, 0.29) is 22.4 Å². The molecule has 0 saturated carbocycles. The summed E-state index contributed by atoms with van der Waals surface area (Å²) < 4.78 is 34.9. The Labute approximate surface area is 140 Å². The van der Waals surface area contributed by atoms with Gasteiger partial charge in [-0.2, -0.15) is 0 Å². The molecule has 0 bridgehead atoms. The Bertz CT molecular complexity index is 784. The fourth-order valence-electron chi connectivity index (χ4n) is 2.13. The SMILES string of the molecule is CCCC(=O)Nc1cnc(-c2cc3c(cc2Cl)OC(F)(F)O3)cn1. The third-order valence-electron chi connectivity index (χ3n) is 3.16. The third-order valence-corrected chi connectivity index (χ3v) is 3.48. The minimum atomic E-state index is -3.72. The highest BCUT2D eigenvalue weighted by Gasteiger charge is 2.43. The number of aromatic nitrogens is 2. The van der Waals surface area contributed by atoms with Crippen LogP contribution in [0.15, 0.2) is 24.5 Å². The molecule has 24 heavy (non-hydrogen) atoms. The van der Waals surface area contributed by atoms with Crippen molar-refractivity contribution in [1.82, 2.24) is 9.97 Å². The van der Waals surface area contributed by atoms with Gasteiger partial charge in [-0.15, -0.1) is 8.78 Å². The number of fused-ring (bicyclic) bond motifs is 1. The maximum atomic E-state index is 13.1. The predicted molar refractivity (Wildman–Crippen MR) is 82.2 cm³/mol. The van der Waals surface area contributed by atoms with Crippen molar-refractivity contribution >= 4 is 23.3 Å². The van der Waals surface area contributed by atoms with E-state index < -0.39 is 6.29 Å². The predicted octanol–water partition coefficient (Wildman–Crippen LogP) is 3.86. The Kier molecular flexibility index (Phi) is 4.23. The van der Waals surface area contributed by atoms with Gasteiger partial charge in [-0.05, 0) is 12.5 Å². The van der Waals surface area contributed by atoms with Crippen LogP contribution < -0.4 is 14.8 Å². The lowest BCUT2D eigenvalue weighted by Crippen LogP contribution is -2.25. The fraction of sp³-hybridized carbons (Fsp3) is 0.267. The Hall–Kier alpha value is -2.48. The van der Waals surface area contributed by atoms with Crippen LogP contribution in [0.2, 0.25) is 5.02 Å². The summed E-state index contributed by atoms with van der Waals surface area (Å²) in [6.07, 6.45) is 0.116. The normalized spacial score (nSPS) is 14.5. The Morgan fingerprint density at radius 3 is 2.58 bits per heavy atom. The number of alkyl halides is 2. The second-order valence-corrected chi connectivity index (χ2v) is 5.44. The second kappa shape index (κ2) is 6.20. The van der Waals surface area contributed by atoms with Gasteiger partial charge in [0.1, 0.15) is 0 Å². The molecule has 0 unspecified atom stereocenters. The van der Waals surface area contributed by atoms with Gasteiger partial charge in [0, 0.05) is 18.1 Å². The highest BCUT2D eigenvalue weighted by molar-refractivity contribution is 6.33. The van der Waals surface area contributed by atoms with Crippen molar-refractivity contribution in [2.24, 2.45) is 0 Å². The van der Waals surface area contributed by atoms with Crippen LogP contribution in [0.1, 0.15) is 19.8 Å². The van der Waals surface area contributed by atoms with Crippen molar-refractivity contribution in [2.75, 3.05) is 5.32 Å². The maximum Gasteiger partial charge on any atom is 0.586 e. The number of hydrogen-bond donors (Lipinski definition) is 1. The zero-order valence-corrected chi connectivity index (χ0v) is 13.2. The Morgan fingerprint density at radius 1 is 1.25 bits per heavy atom. The third kappa shape index (κ3) is 3.38. The molecule has 0 saturated heterocycles. The van der Waals surface area contributed by atoms with E-state index in [1.54, 1.807) is 0 Å². The number of halogens is 3. The quantitative estimate of drug-likeness (QED) is 0.901. The number of carbonyl (C=O) groups is 1. The first-order valence-electron chi connectivity index (χ1n) is 7.09. The van der Waals surface area contributed by atoms with Crippen LogP contribution >= 0.6 is 11.6 Å². The van der Waals surface area contributed by atoms with Crippen molar-refractivity contribution in [2.45, 2.75) is 26.1 Å². The molecule has 0 spiro atoms. The summed E-state index contributed by atoms with van der Waals surface area (Å²) in [5, 5.41) is 2.76. The van der Waals surface area contributed by atoms with Gasteiger partial charge in [-0.25, -0.2) is 4.98 Å². The lowest BCUT2D eigenvalue weighted by atomic mass is 10.1. The van der Waals surface area contributed by atoms with Gasteiger partial charge in [0.05, 0.1) is 23.1 Å². The van der Waals surface area contributed by atoms with Crippen molar-refractivity contribution in [1.29, 1.82) is 0 Å². The Morgan fingerprint density at radius 2 is 1.96 bits per heavy atom. The van der Waals surface area contributed by atoms with Crippen LogP contribution in [0.3, 0.4) is 0 Å². The summed E-state index contributed by atoms with van der Waals surface area (Å²) in [4.78, 5) is 19.7. The number of amides is 1. The van der Waals surface area contributed by atoms with Gasteiger partial charge < -0.3 is 14.8 Å². The number of hydrogen-bond acceptors (Lipinski definition) is 5. The molecule has 1 aliphatic heterocycles. The minimum Gasteiger partial charge on any atom is -0.395 e. The van der Waals surface area contributed by atoms with Gasteiger partial charge in [0.15, 0.2) is 17.3 Å². The molecule has 3 rings (SSSR count). The van der Waals surface area contributed by atoms with Crippen LogP contribution in [-0.4, -0.2) is 22.2 Å². The summed E-state index contributed by atoms with van der Waals surface area (Å²) in [6, 6.07) is 2.53. The molecular weight excluding hydrogens is 344 g/mol. The summed E-state index contributed by atoms with van der Waals surface area (Å²) >= 11 is 6.08. The van der Waals surface area contributed by atoms with E-state index in [2.05, 4.69) is 24.8 Å². The smallest absolute Gasteiger partial charge is 0.395 e. The van der Waals surface area contributed by atoms with E-state index in [1.165, 1.54) is 24.5 Å². The molecule has 1 amide bonds. The number of anilines is 1. The molecule has 2 aromatic rings. The highest BCUT2D eigenvalue weighted by Crippen LogP contribution is 2.45. The molecule has 0 fully saturated rings. The Balaban J connectivity index is 1.84. The summed E-state index contributed by atoms with van der Waals surface area (Å²) in [5.41, 5.74) is 0.700. The topological polar surface area (TPSA) is 73.3 Å². The number of carbonyl (C=O) groups excluding carboxylic acids is 1. The standard InChI is InChI=1S/C15H12ClF2N3O3/c1-2-3-14(22)21-13-7-19-10(6-20-13)8-4-11-12(5-9(8)16)24-15(17,18)23-11/h4-7H,2-3H2,1H3,(H,20,21,22). The van der Waals surface area contributed by atoms with E-state index in [0.29, 0.717) is 23.5 Å². The molecule has 0 atom stereocenters. The van der Waals surface area contributed by atoms with Gasteiger partial charge in [0.2, 0.25) is 5.91 Å². The summed E-state index contributed by atoms with van der Waals surface area (Å²) in [6.45, 7) is 1.89. The molecule has 2 heterocycles. The van der Waals surface area contributed by atoms with E-state index in [9.17, 15) is 13.6 Å². The van der Waals surface area contributed by atoms with Crippen molar-refractivity contribution in [3.63, 3.8) is 0 Å². The number of ether oxygens (including phenoxy) is 2.